The average Bonchev–Trinajstić information content (AvgIpc) is 3.16. The van der Waals surface area contributed by atoms with Gasteiger partial charge in [-0.05, 0) is 60.8 Å². The molecule has 0 unspecified atom stereocenters. The quantitative estimate of drug-likeness (QED) is 0.669. The number of para-hydroxylation sites is 1. The maximum absolute atomic E-state index is 5.51. The molecular formula is C23H33ClN2O. The van der Waals surface area contributed by atoms with Gasteiger partial charge in [-0.1, -0.05) is 32.0 Å². The summed E-state index contributed by atoms with van der Waals surface area (Å²) in [7, 11) is 0. The lowest BCUT2D eigenvalue weighted by atomic mass is 9.71. The highest BCUT2D eigenvalue weighted by Crippen LogP contribution is 2.44. The van der Waals surface area contributed by atoms with E-state index in [0.29, 0.717) is 5.41 Å². The van der Waals surface area contributed by atoms with Gasteiger partial charge in [0, 0.05) is 31.9 Å². The van der Waals surface area contributed by atoms with Crippen LogP contribution in [0.25, 0.3) is 0 Å². The Morgan fingerprint density at radius 1 is 0.963 bits per heavy atom. The van der Waals surface area contributed by atoms with E-state index in [1.807, 2.05) is 6.07 Å². The van der Waals surface area contributed by atoms with Crippen molar-refractivity contribution in [2.75, 3.05) is 31.1 Å². The maximum atomic E-state index is 5.51. The fourth-order valence-corrected chi connectivity index (χ4v) is 4.60. The summed E-state index contributed by atoms with van der Waals surface area (Å²) in [6.07, 6.45) is 7.14. The lowest BCUT2D eigenvalue weighted by Crippen LogP contribution is -2.46. The van der Waals surface area contributed by atoms with Crippen molar-refractivity contribution in [2.24, 2.45) is 5.41 Å². The molecule has 2 heterocycles. The maximum Gasteiger partial charge on any atom is 0.117 e. The largest absolute Gasteiger partial charge is 0.468 e. The first-order chi connectivity index (χ1) is 12.6. The van der Waals surface area contributed by atoms with Crippen molar-refractivity contribution < 1.29 is 4.42 Å². The Labute approximate surface area is 170 Å². The first kappa shape index (κ1) is 20.3. The van der Waals surface area contributed by atoms with Gasteiger partial charge in [0.1, 0.15) is 5.76 Å². The van der Waals surface area contributed by atoms with Crippen LogP contribution in [-0.4, -0.2) is 31.1 Å². The van der Waals surface area contributed by atoms with E-state index < -0.39 is 0 Å². The molecule has 27 heavy (non-hydrogen) atoms. The number of halogens is 1. The lowest BCUT2D eigenvalue weighted by molar-refractivity contribution is 0.222. The second-order valence-corrected chi connectivity index (χ2v) is 8.84. The van der Waals surface area contributed by atoms with Crippen LogP contribution in [0.5, 0.6) is 0 Å². The van der Waals surface area contributed by atoms with E-state index in [2.05, 4.69) is 54.0 Å². The minimum atomic E-state index is 0. The number of piperazine rings is 1. The number of hydrogen-bond acceptors (Lipinski definition) is 3. The Balaban J connectivity index is 0.00000210. The fourth-order valence-electron chi connectivity index (χ4n) is 4.60. The third-order valence-electron chi connectivity index (χ3n) is 6.39. The number of nitrogens with zero attached hydrogens (tertiary/aromatic N) is 2. The normalized spacial score (nSPS) is 21.0. The van der Waals surface area contributed by atoms with Gasteiger partial charge < -0.3 is 9.32 Å². The molecule has 1 aromatic heterocycles. The Hall–Kier alpha value is -1.45. The molecule has 0 amide bonds. The molecule has 0 spiro atoms. The summed E-state index contributed by atoms with van der Waals surface area (Å²) in [4.78, 5) is 5.11. The Morgan fingerprint density at radius 3 is 2.33 bits per heavy atom. The molecular weight excluding hydrogens is 356 g/mol. The molecule has 0 bridgehead atoms. The van der Waals surface area contributed by atoms with E-state index in [0.717, 1.165) is 44.4 Å². The third kappa shape index (κ3) is 4.89. The van der Waals surface area contributed by atoms with E-state index in [1.54, 1.807) is 11.8 Å². The number of anilines is 1. The highest BCUT2D eigenvalue weighted by atomic mass is 35.5. The minimum Gasteiger partial charge on any atom is -0.468 e. The fraction of sp³-hybridized carbons (Fsp3) is 0.565. The van der Waals surface area contributed by atoms with Crippen molar-refractivity contribution >= 4 is 18.1 Å². The van der Waals surface area contributed by atoms with Gasteiger partial charge in [0.2, 0.25) is 0 Å². The summed E-state index contributed by atoms with van der Waals surface area (Å²) < 4.78 is 5.51. The zero-order chi connectivity index (χ0) is 18.0. The molecule has 4 heteroatoms. The lowest BCUT2D eigenvalue weighted by Gasteiger charge is -2.39. The van der Waals surface area contributed by atoms with Crippen LogP contribution in [0.2, 0.25) is 0 Å². The summed E-state index contributed by atoms with van der Waals surface area (Å²) in [5, 5.41) is 0. The predicted octanol–water partition coefficient (Wildman–Crippen LogP) is 5.71. The predicted molar refractivity (Wildman–Crippen MR) is 115 cm³/mol. The molecule has 1 aliphatic heterocycles. The van der Waals surface area contributed by atoms with Crippen LogP contribution in [0, 0.1) is 5.41 Å². The Morgan fingerprint density at radius 2 is 1.67 bits per heavy atom. The second-order valence-electron chi connectivity index (χ2n) is 8.84. The van der Waals surface area contributed by atoms with Crippen LogP contribution in [0.4, 0.5) is 5.69 Å². The number of furan rings is 1. The highest BCUT2D eigenvalue weighted by Gasteiger charge is 2.30. The highest BCUT2D eigenvalue weighted by molar-refractivity contribution is 5.85. The Bertz CT molecular complexity index is 695. The summed E-state index contributed by atoms with van der Waals surface area (Å²) in [6, 6.07) is 13.2. The number of hydrogen-bond donors (Lipinski definition) is 0. The van der Waals surface area contributed by atoms with Crippen molar-refractivity contribution in [1.29, 1.82) is 0 Å². The van der Waals surface area contributed by atoms with E-state index in [9.17, 15) is 0 Å². The van der Waals surface area contributed by atoms with Crippen LogP contribution in [0.1, 0.15) is 56.8 Å². The van der Waals surface area contributed by atoms with Gasteiger partial charge in [-0.15, -0.1) is 12.4 Å². The molecule has 2 fully saturated rings. The molecule has 4 rings (SSSR count). The van der Waals surface area contributed by atoms with Gasteiger partial charge in [0.15, 0.2) is 0 Å². The summed E-state index contributed by atoms with van der Waals surface area (Å²) in [6.45, 7) is 10.2. The smallest absolute Gasteiger partial charge is 0.117 e. The minimum absolute atomic E-state index is 0. The molecule has 1 saturated heterocycles. The molecule has 1 aliphatic carbocycles. The molecule has 3 nitrogen and oxygen atoms in total. The van der Waals surface area contributed by atoms with Crippen molar-refractivity contribution in [3.05, 3.63) is 54.0 Å². The molecule has 2 aromatic rings. The topological polar surface area (TPSA) is 19.6 Å². The van der Waals surface area contributed by atoms with Crippen molar-refractivity contribution in [3.8, 4) is 0 Å². The molecule has 0 atom stereocenters. The second kappa shape index (κ2) is 8.70. The molecule has 1 aromatic carbocycles. The van der Waals surface area contributed by atoms with Gasteiger partial charge in [-0.3, -0.25) is 4.90 Å². The van der Waals surface area contributed by atoms with Crippen LogP contribution >= 0.6 is 12.4 Å². The van der Waals surface area contributed by atoms with E-state index >= 15 is 0 Å². The van der Waals surface area contributed by atoms with Gasteiger partial charge in [-0.25, -0.2) is 0 Å². The average molecular weight is 389 g/mol. The molecule has 0 N–H and O–H groups in total. The van der Waals surface area contributed by atoms with Crippen LogP contribution in [-0.2, 0) is 6.54 Å². The van der Waals surface area contributed by atoms with Crippen LogP contribution < -0.4 is 4.90 Å². The molecule has 0 radical (unpaired) electrons. The SMILES string of the molecule is CC1(C)CCC(c2ccccc2N2CCN(Cc3ccco3)CC2)CC1.Cl. The van der Waals surface area contributed by atoms with Gasteiger partial charge in [0.05, 0.1) is 12.8 Å². The zero-order valence-electron chi connectivity index (χ0n) is 16.7. The first-order valence-corrected chi connectivity index (χ1v) is 10.2. The van der Waals surface area contributed by atoms with E-state index in [1.165, 1.54) is 31.4 Å². The van der Waals surface area contributed by atoms with Crippen molar-refractivity contribution in [2.45, 2.75) is 52.0 Å². The summed E-state index contributed by atoms with van der Waals surface area (Å²) >= 11 is 0. The number of benzene rings is 1. The van der Waals surface area contributed by atoms with Crippen molar-refractivity contribution in [3.63, 3.8) is 0 Å². The Kier molecular flexibility index (Phi) is 6.54. The van der Waals surface area contributed by atoms with Gasteiger partial charge in [0.25, 0.3) is 0 Å². The van der Waals surface area contributed by atoms with E-state index in [4.69, 9.17) is 4.42 Å². The van der Waals surface area contributed by atoms with Gasteiger partial charge >= 0.3 is 0 Å². The first-order valence-electron chi connectivity index (χ1n) is 10.2. The molecule has 148 valence electrons. The summed E-state index contributed by atoms with van der Waals surface area (Å²) in [5.74, 6) is 1.81. The van der Waals surface area contributed by atoms with Crippen molar-refractivity contribution in [1.82, 2.24) is 4.90 Å². The monoisotopic (exact) mass is 388 g/mol. The van der Waals surface area contributed by atoms with Crippen LogP contribution in [0.15, 0.2) is 47.1 Å². The number of rotatable bonds is 4. The third-order valence-corrected chi connectivity index (χ3v) is 6.39. The standard InChI is InChI=1S/C23H32N2O.ClH/c1-23(2)11-9-19(10-12-23)21-7-3-4-8-22(21)25-15-13-24(14-16-25)18-20-6-5-17-26-20;/h3-8,17,19H,9-16,18H2,1-2H3;1H. The zero-order valence-corrected chi connectivity index (χ0v) is 17.5. The molecule has 2 aliphatic rings. The molecule has 1 saturated carbocycles. The summed E-state index contributed by atoms with van der Waals surface area (Å²) in [5.41, 5.74) is 3.60. The van der Waals surface area contributed by atoms with Gasteiger partial charge in [-0.2, -0.15) is 0 Å². The van der Waals surface area contributed by atoms with Crippen LogP contribution in [0.3, 0.4) is 0 Å². The van der Waals surface area contributed by atoms with E-state index in [-0.39, 0.29) is 12.4 Å².